The van der Waals surface area contributed by atoms with Gasteiger partial charge in [-0.1, -0.05) is 18.2 Å². The Bertz CT molecular complexity index is 669. The summed E-state index contributed by atoms with van der Waals surface area (Å²) in [4.78, 5) is 0. The minimum Gasteiger partial charge on any atom is -0.318 e. The highest BCUT2D eigenvalue weighted by molar-refractivity contribution is 5.34. The van der Waals surface area contributed by atoms with Gasteiger partial charge in [0.2, 0.25) is 0 Å². The molecule has 2 N–H and O–H groups in total. The van der Waals surface area contributed by atoms with Gasteiger partial charge in [0.05, 0.1) is 12.2 Å². The minimum absolute atomic E-state index is 0.351. The first-order valence-electron chi connectivity index (χ1n) is 5.95. The Hall–Kier alpha value is -2.47. The maximum absolute atomic E-state index is 6.24. The molecule has 3 aromatic rings. The molecule has 0 aliphatic carbocycles. The van der Waals surface area contributed by atoms with Gasteiger partial charge in [0, 0.05) is 24.5 Å². The van der Waals surface area contributed by atoms with Crippen molar-refractivity contribution in [1.29, 1.82) is 0 Å². The van der Waals surface area contributed by atoms with Gasteiger partial charge in [0.1, 0.15) is 6.33 Å². The van der Waals surface area contributed by atoms with E-state index < -0.39 is 0 Å². The summed E-state index contributed by atoms with van der Waals surface area (Å²) in [5.74, 6) is 0.694. The highest BCUT2D eigenvalue weighted by Gasteiger charge is 2.17. The first kappa shape index (κ1) is 11.6. The van der Waals surface area contributed by atoms with E-state index in [-0.39, 0.29) is 6.04 Å². The molecule has 0 saturated heterocycles. The highest BCUT2D eigenvalue weighted by Crippen LogP contribution is 2.19. The molecule has 1 aromatic carbocycles. The number of hydrogen-bond donors (Lipinski definition) is 1. The number of nitrogens with zero attached hydrogens (tertiary/aromatic N) is 5. The van der Waals surface area contributed by atoms with Crippen molar-refractivity contribution in [2.45, 2.75) is 6.04 Å². The Kier molecular flexibility index (Phi) is 2.85. The summed E-state index contributed by atoms with van der Waals surface area (Å²) in [6, 6.07) is 9.53. The SMILES string of the molecule is Cn1cc(C(N)c2nncn2-c2ccccc2)cn1. The van der Waals surface area contributed by atoms with Crippen LogP contribution in [0.2, 0.25) is 0 Å². The molecule has 0 aliphatic heterocycles. The van der Waals surface area contributed by atoms with E-state index in [2.05, 4.69) is 15.3 Å². The third kappa shape index (κ3) is 2.13. The van der Waals surface area contributed by atoms with Crippen LogP contribution in [-0.2, 0) is 7.05 Å². The lowest BCUT2D eigenvalue weighted by Gasteiger charge is -2.11. The summed E-state index contributed by atoms with van der Waals surface area (Å²) in [6.45, 7) is 0. The van der Waals surface area contributed by atoms with Gasteiger partial charge in [-0.15, -0.1) is 10.2 Å². The summed E-state index contributed by atoms with van der Waals surface area (Å²) in [5.41, 5.74) is 8.13. The molecular weight excluding hydrogens is 240 g/mol. The van der Waals surface area contributed by atoms with E-state index in [1.54, 1.807) is 17.2 Å². The van der Waals surface area contributed by atoms with Gasteiger partial charge >= 0.3 is 0 Å². The van der Waals surface area contributed by atoms with Crippen molar-refractivity contribution in [1.82, 2.24) is 24.5 Å². The van der Waals surface area contributed by atoms with Gasteiger partial charge in [0.15, 0.2) is 5.82 Å². The predicted octanol–water partition coefficient (Wildman–Crippen LogP) is 1.05. The van der Waals surface area contributed by atoms with Crippen LogP contribution in [0.15, 0.2) is 49.1 Å². The van der Waals surface area contributed by atoms with Crippen LogP contribution < -0.4 is 5.73 Å². The fourth-order valence-electron chi connectivity index (χ4n) is 1.99. The van der Waals surface area contributed by atoms with Gasteiger partial charge in [-0.3, -0.25) is 9.25 Å². The molecule has 0 bridgehead atoms. The molecule has 0 saturated carbocycles. The number of para-hydroxylation sites is 1. The highest BCUT2D eigenvalue weighted by atomic mass is 15.3. The molecule has 1 unspecified atom stereocenters. The Morgan fingerprint density at radius 3 is 2.68 bits per heavy atom. The van der Waals surface area contributed by atoms with E-state index in [0.29, 0.717) is 5.82 Å². The maximum atomic E-state index is 6.24. The van der Waals surface area contributed by atoms with E-state index >= 15 is 0 Å². The number of rotatable bonds is 3. The quantitative estimate of drug-likeness (QED) is 0.758. The van der Waals surface area contributed by atoms with Crippen LogP contribution >= 0.6 is 0 Å². The van der Waals surface area contributed by atoms with Crippen molar-refractivity contribution in [3.05, 3.63) is 60.4 Å². The summed E-state index contributed by atoms with van der Waals surface area (Å²) in [5, 5.41) is 12.2. The molecular formula is C13H14N6. The van der Waals surface area contributed by atoms with Crippen molar-refractivity contribution in [2.75, 3.05) is 0 Å². The molecule has 2 aromatic heterocycles. The zero-order valence-electron chi connectivity index (χ0n) is 10.5. The molecule has 1 atom stereocenters. The molecule has 0 spiro atoms. The number of benzene rings is 1. The Morgan fingerprint density at radius 2 is 2.00 bits per heavy atom. The molecule has 0 amide bonds. The largest absolute Gasteiger partial charge is 0.318 e. The second-order valence-electron chi connectivity index (χ2n) is 4.32. The standard InChI is InChI=1S/C13H14N6/c1-18-8-10(7-16-18)12(14)13-17-15-9-19(13)11-5-3-2-4-6-11/h2-9,12H,14H2,1H3. The maximum Gasteiger partial charge on any atom is 0.159 e. The average molecular weight is 254 g/mol. The van der Waals surface area contributed by atoms with Crippen LogP contribution in [0.4, 0.5) is 0 Å². The normalized spacial score (nSPS) is 12.5. The number of aryl methyl sites for hydroxylation is 1. The topological polar surface area (TPSA) is 74.6 Å². The molecule has 96 valence electrons. The van der Waals surface area contributed by atoms with Gasteiger partial charge in [-0.2, -0.15) is 5.10 Å². The van der Waals surface area contributed by atoms with Gasteiger partial charge in [-0.05, 0) is 12.1 Å². The van der Waals surface area contributed by atoms with Gasteiger partial charge < -0.3 is 5.73 Å². The smallest absolute Gasteiger partial charge is 0.159 e. The summed E-state index contributed by atoms with van der Waals surface area (Å²) >= 11 is 0. The van der Waals surface area contributed by atoms with Crippen LogP contribution in [0.25, 0.3) is 5.69 Å². The Morgan fingerprint density at radius 1 is 1.21 bits per heavy atom. The van der Waals surface area contributed by atoms with E-state index in [4.69, 9.17) is 5.73 Å². The molecule has 3 rings (SSSR count). The van der Waals surface area contributed by atoms with Crippen LogP contribution in [0.3, 0.4) is 0 Å². The molecule has 0 fully saturated rings. The second kappa shape index (κ2) is 4.66. The monoisotopic (exact) mass is 254 g/mol. The predicted molar refractivity (Wildman–Crippen MR) is 70.6 cm³/mol. The Labute approximate surface area is 110 Å². The molecule has 6 nitrogen and oxygen atoms in total. The third-order valence-electron chi connectivity index (χ3n) is 2.97. The van der Waals surface area contributed by atoms with E-state index in [0.717, 1.165) is 11.3 Å². The summed E-state index contributed by atoms with van der Waals surface area (Å²) in [7, 11) is 1.86. The van der Waals surface area contributed by atoms with Crippen molar-refractivity contribution in [3.8, 4) is 5.69 Å². The second-order valence-corrected chi connectivity index (χ2v) is 4.32. The molecule has 0 aliphatic rings. The Balaban J connectivity index is 2.01. The lowest BCUT2D eigenvalue weighted by Crippen LogP contribution is -2.16. The number of nitrogens with two attached hydrogens (primary N) is 1. The van der Waals surface area contributed by atoms with E-state index in [1.807, 2.05) is 48.1 Å². The lowest BCUT2D eigenvalue weighted by atomic mass is 10.1. The fraction of sp³-hybridized carbons (Fsp3) is 0.154. The third-order valence-corrected chi connectivity index (χ3v) is 2.97. The van der Waals surface area contributed by atoms with Crippen molar-refractivity contribution >= 4 is 0 Å². The average Bonchev–Trinajstić information content (AvgIpc) is 3.07. The van der Waals surface area contributed by atoms with Crippen LogP contribution in [0.1, 0.15) is 17.4 Å². The molecule has 19 heavy (non-hydrogen) atoms. The molecule has 0 radical (unpaired) electrons. The van der Waals surface area contributed by atoms with Crippen LogP contribution in [0.5, 0.6) is 0 Å². The van der Waals surface area contributed by atoms with Gasteiger partial charge in [0.25, 0.3) is 0 Å². The minimum atomic E-state index is -0.351. The van der Waals surface area contributed by atoms with E-state index in [1.165, 1.54) is 0 Å². The lowest BCUT2D eigenvalue weighted by molar-refractivity contribution is 0.744. The molecule has 2 heterocycles. The van der Waals surface area contributed by atoms with E-state index in [9.17, 15) is 0 Å². The summed E-state index contributed by atoms with van der Waals surface area (Å²) < 4.78 is 3.61. The van der Waals surface area contributed by atoms with Gasteiger partial charge in [-0.25, -0.2) is 0 Å². The molecule has 6 heteroatoms. The van der Waals surface area contributed by atoms with Crippen molar-refractivity contribution in [3.63, 3.8) is 0 Å². The van der Waals surface area contributed by atoms with Crippen LogP contribution in [-0.4, -0.2) is 24.5 Å². The number of aromatic nitrogens is 5. The zero-order valence-corrected chi connectivity index (χ0v) is 10.5. The summed E-state index contributed by atoms with van der Waals surface area (Å²) in [6.07, 6.45) is 5.30. The van der Waals surface area contributed by atoms with Crippen molar-refractivity contribution in [2.24, 2.45) is 12.8 Å². The number of hydrogen-bond acceptors (Lipinski definition) is 4. The first-order valence-corrected chi connectivity index (χ1v) is 5.95. The van der Waals surface area contributed by atoms with Crippen LogP contribution in [0, 0.1) is 0 Å². The zero-order chi connectivity index (χ0) is 13.2. The first-order chi connectivity index (χ1) is 9.25. The van der Waals surface area contributed by atoms with Crippen molar-refractivity contribution < 1.29 is 0 Å². The fourth-order valence-corrected chi connectivity index (χ4v) is 1.99.